The number of fused-ring (bicyclic) bond motifs is 1. The minimum atomic E-state index is -3.47. The molecule has 0 bridgehead atoms. The summed E-state index contributed by atoms with van der Waals surface area (Å²) >= 11 is 0. The lowest BCUT2D eigenvalue weighted by Crippen LogP contribution is -2.46. The van der Waals surface area contributed by atoms with Gasteiger partial charge >= 0.3 is 0 Å². The van der Waals surface area contributed by atoms with Crippen LogP contribution in [-0.2, 0) is 16.6 Å². The second-order valence-electron chi connectivity index (χ2n) is 6.78. The molecule has 0 unspecified atom stereocenters. The lowest BCUT2D eigenvalue weighted by molar-refractivity contribution is 0.222. The molecule has 0 spiro atoms. The predicted molar refractivity (Wildman–Crippen MR) is 107 cm³/mol. The van der Waals surface area contributed by atoms with Gasteiger partial charge in [0, 0.05) is 38.4 Å². The molecule has 0 atom stereocenters. The number of likely N-dealkylation sites (N-methyl/N-ethyl adjacent to an activating group) is 1. The van der Waals surface area contributed by atoms with E-state index in [4.69, 9.17) is 0 Å². The van der Waals surface area contributed by atoms with E-state index in [2.05, 4.69) is 25.2 Å². The van der Waals surface area contributed by atoms with Gasteiger partial charge in [-0.15, -0.1) is 0 Å². The van der Waals surface area contributed by atoms with Crippen molar-refractivity contribution >= 4 is 32.7 Å². The van der Waals surface area contributed by atoms with Crippen LogP contribution in [0.1, 0.15) is 6.92 Å². The van der Waals surface area contributed by atoms with Crippen molar-refractivity contribution in [2.24, 2.45) is 0 Å². The zero-order valence-corrected chi connectivity index (χ0v) is 16.7. The highest BCUT2D eigenvalue weighted by molar-refractivity contribution is 7.89. The standard InChI is InChI=1S/C18H23N7O2S/c1-3-24-13-21-16-17(19-12-20-18(16)24)22-14-4-6-15(7-5-14)28(26,27)25-10-8-23(2)9-11-25/h4-7,12-13H,3,8-11H2,1-2H3,(H,19,20,22). The summed E-state index contributed by atoms with van der Waals surface area (Å²) in [4.78, 5) is 15.4. The number of anilines is 2. The van der Waals surface area contributed by atoms with E-state index in [1.165, 1.54) is 6.33 Å². The fraction of sp³-hybridized carbons (Fsp3) is 0.389. The maximum absolute atomic E-state index is 12.8. The van der Waals surface area contributed by atoms with E-state index in [0.29, 0.717) is 29.3 Å². The van der Waals surface area contributed by atoms with E-state index < -0.39 is 10.0 Å². The highest BCUT2D eigenvalue weighted by atomic mass is 32.2. The smallest absolute Gasteiger partial charge is 0.243 e. The van der Waals surface area contributed by atoms with Crippen LogP contribution in [0.3, 0.4) is 0 Å². The number of nitrogens with one attached hydrogen (secondary N) is 1. The van der Waals surface area contributed by atoms with Crippen LogP contribution in [0.4, 0.5) is 11.5 Å². The van der Waals surface area contributed by atoms with Crippen molar-refractivity contribution in [2.75, 3.05) is 38.5 Å². The number of sulfonamides is 1. The number of rotatable bonds is 5. The van der Waals surface area contributed by atoms with Gasteiger partial charge in [-0.3, -0.25) is 0 Å². The van der Waals surface area contributed by atoms with Gasteiger partial charge in [-0.25, -0.2) is 23.4 Å². The van der Waals surface area contributed by atoms with Crippen molar-refractivity contribution < 1.29 is 8.42 Å². The molecule has 1 aliphatic rings. The van der Waals surface area contributed by atoms with Gasteiger partial charge < -0.3 is 14.8 Å². The highest BCUT2D eigenvalue weighted by Gasteiger charge is 2.27. The number of aromatic nitrogens is 4. The molecular formula is C18H23N7O2S. The SMILES string of the molecule is CCn1cnc2c(Nc3ccc(S(=O)(=O)N4CCN(C)CC4)cc3)ncnc21. The maximum atomic E-state index is 12.8. The second-order valence-corrected chi connectivity index (χ2v) is 8.72. The number of benzene rings is 1. The number of imidazole rings is 1. The Balaban J connectivity index is 1.55. The first kappa shape index (κ1) is 18.8. The van der Waals surface area contributed by atoms with Gasteiger partial charge in [0.2, 0.25) is 10.0 Å². The van der Waals surface area contributed by atoms with Crippen molar-refractivity contribution in [3.63, 3.8) is 0 Å². The van der Waals surface area contributed by atoms with Gasteiger partial charge in [0.15, 0.2) is 17.0 Å². The lowest BCUT2D eigenvalue weighted by Gasteiger charge is -2.31. The van der Waals surface area contributed by atoms with E-state index in [-0.39, 0.29) is 0 Å². The third-order valence-electron chi connectivity index (χ3n) is 4.96. The molecule has 9 nitrogen and oxygen atoms in total. The van der Waals surface area contributed by atoms with Crippen LogP contribution in [0.5, 0.6) is 0 Å². The summed E-state index contributed by atoms with van der Waals surface area (Å²) in [6, 6.07) is 6.74. The number of piperazine rings is 1. The molecule has 1 aromatic carbocycles. The zero-order valence-electron chi connectivity index (χ0n) is 15.9. The molecule has 4 rings (SSSR count). The Morgan fingerprint density at radius 1 is 1.04 bits per heavy atom. The topological polar surface area (TPSA) is 96.2 Å². The summed E-state index contributed by atoms with van der Waals surface area (Å²) < 4.78 is 29.1. The van der Waals surface area contributed by atoms with Crippen LogP contribution >= 0.6 is 0 Å². The van der Waals surface area contributed by atoms with Crippen LogP contribution in [0.15, 0.2) is 41.8 Å². The van der Waals surface area contributed by atoms with Gasteiger partial charge in [0.25, 0.3) is 0 Å². The van der Waals surface area contributed by atoms with Crippen LogP contribution in [0.25, 0.3) is 11.2 Å². The van der Waals surface area contributed by atoms with Crippen LogP contribution < -0.4 is 5.32 Å². The van der Waals surface area contributed by atoms with Gasteiger partial charge in [0.1, 0.15) is 6.33 Å². The summed E-state index contributed by atoms with van der Waals surface area (Å²) in [5.74, 6) is 0.590. The van der Waals surface area contributed by atoms with Gasteiger partial charge in [-0.2, -0.15) is 4.31 Å². The van der Waals surface area contributed by atoms with Crippen LogP contribution in [0.2, 0.25) is 0 Å². The van der Waals surface area contributed by atoms with Crippen LogP contribution in [0, 0.1) is 0 Å². The second kappa shape index (κ2) is 7.46. The van der Waals surface area contributed by atoms with E-state index in [1.807, 2.05) is 18.5 Å². The predicted octanol–water partition coefficient (Wildman–Crippen LogP) is 1.53. The average Bonchev–Trinajstić information content (AvgIpc) is 3.13. The summed E-state index contributed by atoms with van der Waals surface area (Å²) in [7, 11) is -1.47. The highest BCUT2D eigenvalue weighted by Crippen LogP contribution is 2.24. The van der Waals surface area contributed by atoms with Crippen molar-refractivity contribution in [3.8, 4) is 0 Å². The molecule has 2 aromatic heterocycles. The van der Waals surface area contributed by atoms with E-state index in [0.717, 1.165) is 31.0 Å². The molecule has 28 heavy (non-hydrogen) atoms. The molecular weight excluding hydrogens is 378 g/mol. The van der Waals surface area contributed by atoms with Gasteiger partial charge in [-0.05, 0) is 38.2 Å². The third-order valence-corrected chi connectivity index (χ3v) is 6.87. The molecule has 0 amide bonds. The van der Waals surface area contributed by atoms with Gasteiger partial charge in [0.05, 0.1) is 11.2 Å². The van der Waals surface area contributed by atoms with Crippen molar-refractivity contribution in [1.82, 2.24) is 28.7 Å². The minimum absolute atomic E-state index is 0.297. The summed E-state index contributed by atoms with van der Waals surface area (Å²) in [5, 5.41) is 3.21. The van der Waals surface area contributed by atoms with Crippen LogP contribution in [-0.4, -0.2) is 70.4 Å². The molecule has 3 heterocycles. The first-order chi connectivity index (χ1) is 13.5. The maximum Gasteiger partial charge on any atom is 0.243 e. The number of aryl methyl sites for hydroxylation is 1. The largest absolute Gasteiger partial charge is 0.338 e. The Morgan fingerprint density at radius 2 is 1.75 bits per heavy atom. The Kier molecular flexibility index (Phi) is 5.00. The fourth-order valence-corrected chi connectivity index (χ4v) is 4.65. The number of hydrogen-bond donors (Lipinski definition) is 1. The molecule has 1 fully saturated rings. The number of hydrogen-bond acceptors (Lipinski definition) is 7. The van der Waals surface area contributed by atoms with Crippen molar-refractivity contribution in [1.29, 1.82) is 0 Å². The van der Waals surface area contributed by atoms with Crippen molar-refractivity contribution in [3.05, 3.63) is 36.9 Å². The third kappa shape index (κ3) is 3.46. The Morgan fingerprint density at radius 3 is 2.43 bits per heavy atom. The van der Waals surface area contributed by atoms with E-state index >= 15 is 0 Å². The molecule has 0 aliphatic carbocycles. The molecule has 0 saturated carbocycles. The summed E-state index contributed by atoms with van der Waals surface area (Å²) in [6.07, 6.45) is 3.22. The fourth-order valence-electron chi connectivity index (χ4n) is 3.23. The normalized spacial score (nSPS) is 16.5. The van der Waals surface area contributed by atoms with E-state index in [1.54, 1.807) is 34.9 Å². The Hall–Kier alpha value is -2.56. The summed E-state index contributed by atoms with van der Waals surface area (Å²) in [5.41, 5.74) is 2.18. The molecule has 3 aromatic rings. The number of nitrogens with zero attached hydrogens (tertiary/aromatic N) is 6. The quantitative estimate of drug-likeness (QED) is 0.692. The first-order valence-electron chi connectivity index (χ1n) is 9.20. The molecule has 1 N–H and O–H groups in total. The molecule has 10 heteroatoms. The molecule has 1 aliphatic heterocycles. The Bertz CT molecular complexity index is 1070. The van der Waals surface area contributed by atoms with Crippen molar-refractivity contribution in [2.45, 2.75) is 18.4 Å². The minimum Gasteiger partial charge on any atom is -0.338 e. The van der Waals surface area contributed by atoms with E-state index in [9.17, 15) is 8.42 Å². The summed E-state index contributed by atoms with van der Waals surface area (Å²) in [6.45, 7) is 5.30. The molecule has 1 saturated heterocycles. The Labute approximate surface area is 164 Å². The average molecular weight is 401 g/mol. The zero-order chi connectivity index (χ0) is 19.7. The molecule has 148 valence electrons. The monoisotopic (exact) mass is 401 g/mol. The van der Waals surface area contributed by atoms with Gasteiger partial charge in [-0.1, -0.05) is 0 Å². The lowest BCUT2D eigenvalue weighted by atomic mass is 10.3. The first-order valence-corrected chi connectivity index (χ1v) is 10.6. The molecule has 0 radical (unpaired) electrons.